The highest BCUT2D eigenvalue weighted by Gasteiger charge is 2.42. The van der Waals surface area contributed by atoms with E-state index in [1.54, 1.807) is 6.08 Å². The molecule has 0 aromatic heterocycles. The summed E-state index contributed by atoms with van der Waals surface area (Å²) in [6, 6.07) is 20.2. The molecule has 1 atom stereocenters. The Labute approximate surface area is 171 Å². The van der Waals surface area contributed by atoms with Crippen LogP contribution in [0.3, 0.4) is 0 Å². The molecule has 0 aliphatic heterocycles. The van der Waals surface area contributed by atoms with E-state index in [4.69, 9.17) is 4.74 Å². The van der Waals surface area contributed by atoms with Gasteiger partial charge in [0.25, 0.3) is 0 Å². The molecule has 6 nitrogen and oxygen atoms in total. The molecule has 6 heteroatoms. The Kier molecular flexibility index (Phi) is 6.80. The average molecular weight is 393 g/mol. The number of nitrogens with zero attached hydrogens (tertiary/aromatic N) is 3. The fourth-order valence-corrected chi connectivity index (χ4v) is 3.20. The van der Waals surface area contributed by atoms with E-state index in [0.29, 0.717) is 19.7 Å². The van der Waals surface area contributed by atoms with E-state index in [1.807, 2.05) is 67.5 Å². The standard InChI is InChI=1S/C23H27N3O3/c1-24(2)17-18-29-23(26(27)28)15-13-20(14-16-23)19-25(21-9-5-3-6-10-21)22-11-7-4-8-12-22/h3-15H,16-19H2,1-2H3. The molecule has 0 radical (unpaired) electrons. The number of hydrogen-bond acceptors (Lipinski definition) is 5. The molecule has 29 heavy (non-hydrogen) atoms. The first-order valence-corrected chi connectivity index (χ1v) is 9.69. The van der Waals surface area contributed by atoms with Crippen molar-refractivity contribution < 1.29 is 9.66 Å². The van der Waals surface area contributed by atoms with Gasteiger partial charge in [-0.15, -0.1) is 0 Å². The lowest BCUT2D eigenvalue weighted by Gasteiger charge is -2.28. The zero-order valence-corrected chi connectivity index (χ0v) is 16.9. The number of hydrogen-bond donors (Lipinski definition) is 0. The number of rotatable bonds is 9. The lowest BCUT2D eigenvalue weighted by Crippen LogP contribution is -2.42. The second-order valence-electron chi connectivity index (χ2n) is 7.33. The number of para-hydroxylation sites is 2. The Morgan fingerprint density at radius 2 is 1.62 bits per heavy atom. The van der Waals surface area contributed by atoms with Crippen molar-refractivity contribution in [3.63, 3.8) is 0 Å². The molecule has 0 heterocycles. The van der Waals surface area contributed by atoms with E-state index in [-0.39, 0.29) is 11.3 Å². The first-order valence-electron chi connectivity index (χ1n) is 9.69. The van der Waals surface area contributed by atoms with Gasteiger partial charge in [-0.2, -0.15) is 0 Å². The van der Waals surface area contributed by atoms with Crippen LogP contribution in [0.4, 0.5) is 11.4 Å². The fourth-order valence-electron chi connectivity index (χ4n) is 3.20. The van der Waals surface area contributed by atoms with Crippen molar-refractivity contribution in [1.29, 1.82) is 0 Å². The van der Waals surface area contributed by atoms with Crippen LogP contribution in [0.15, 0.2) is 84.5 Å². The van der Waals surface area contributed by atoms with Crippen molar-refractivity contribution in [2.75, 3.05) is 38.7 Å². The van der Waals surface area contributed by atoms with E-state index in [9.17, 15) is 10.1 Å². The van der Waals surface area contributed by atoms with Gasteiger partial charge in [0.05, 0.1) is 18.0 Å². The van der Waals surface area contributed by atoms with E-state index >= 15 is 0 Å². The minimum absolute atomic E-state index is 0.219. The molecule has 0 N–H and O–H groups in total. The number of benzene rings is 2. The highest BCUT2D eigenvalue weighted by atomic mass is 16.7. The third-order valence-electron chi connectivity index (χ3n) is 4.89. The minimum atomic E-state index is -1.48. The summed E-state index contributed by atoms with van der Waals surface area (Å²) < 4.78 is 5.68. The number of ether oxygens (including phenoxy) is 1. The predicted molar refractivity (Wildman–Crippen MR) is 116 cm³/mol. The molecule has 0 amide bonds. The van der Waals surface area contributed by atoms with Crippen LogP contribution in [-0.4, -0.2) is 49.3 Å². The molecule has 2 aromatic carbocycles. The van der Waals surface area contributed by atoms with Gasteiger partial charge in [-0.05, 0) is 43.9 Å². The summed E-state index contributed by atoms with van der Waals surface area (Å²) in [5.41, 5.74) is 1.68. The van der Waals surface area contributed by atoms with Gasteiger partial charge in [0, 0.05) is 30.5 Å². The second kappa shape index (κ2) is 9.49. The summed E-state index contributed by atoms with van der Waals surface area (Å²) in [6.45, 7) is 1.56. The number of anilines is 2. The summed E-state index contributed by atoms with van der Waals surface area (Å²) in [4.78, 5) is 15.5. The van der Waals surface area contributed by atoms with Crippen LogP contribution in [0, 0.1) is 10.1 Å². The minimum Gasteiger partial charge on any atom is -0.337 e. The molecule has 2 aromatic rings. The van der Waals surface area contributed by atoms with Crippen LogP contribution in [-0.2, 0) is 4.74 Å². The van der Waals surface area contributed by atoms with E-state index in [2.05, 4.69) is 29.2 Å². The average Bonchev–Trinajstić information content (AvgIpc) is 2.74. The zero-order chi connectivity index (χ0) is 20.7. The first kappa shape index (κ1) is 20.8. The third-order valence-corrected chi connectivity index (χ3v) is 4.89. The maximum Gasteiger partial charge on any atom is 0.348 e. The number of nitro groups is 1. The Morgan fingerprint density at radius 1 is 1.03 bits per heavy atom. The van der Waals surface area contributed by atoms with Crippen molar-refractivity contribution in [3.05, 3.63) is 94.6 Å². The summed E-state index contributed by atoms with van der Waals surface area (Å²) in [6.07, 6.45) is 5.54. The molecule has 1 unspecified atom stereocenters. The van der Waals surface area contributed by atoms with Crippen LogP contribution in [0.2, 0.25) is 0 Å². The van der Waals surface area contributed by atoms with Crippen molar-refractivity contribution >= 4 is 11.4 Å². The Hall–Kier alpha value is -2.96. The zero-order valence-electron chi connectivity index (χ0n) is 16.9. The van der Waals surface area contributed by atoms with Crippen LogP contribution >= 0.6 is 0 Å². The van der Waals surface area contributed by atoms with Gasteiger partial charge >= 0.3 is 5.72 Å². The van der Waals surface area contributed by atoms with Gasteiger partial charge in [-0.25, -0.2) is 0 Å². The van der Waals surface area contributed by atoms with Crippen molar-refractivity contribution in [3.8, 4) is 0 Å². The summed E-state index contributed by atoms with van der Waals surface area (Å²) in [5, 5.41) is 11.7. The molecule has 0 bridgehead atoms. The molecule has 0 spiro atoms. The summed E-state index contributed by atoms with van der Waals surface area (Å²) in [7, 11) is 3.83. The Bertz CT molecular complexity index is 826. The van der Waals surface area contributed by atoms with Crippen LogP contribution in [0.5, 0.6) is 0 Å². The molecule has 0 saturated heterocycles. The topological polar surface area (TPSA) is 58.9 Å². The number of likely N-dealkylation sites (N-methyl/N-ethyl adjacent to an activating group) is 1. The quantitative estimate of drug-likeness (QED) is 0.362. The first-order chi connectivity index (χ1) is 14.0. The van der Waals surface area contributed by atoms with Crippen molar-refractivity contribution in [1.82, 2.24) is 4.90 Å². The van der Waals surface area contributed by atoms with Crippen molar-refractivity contribution in [2.24, 2.45) is 0 Å². The maximum atomic E-state index is 11.7. The van der Waals surface area contributed by atoms with Gasteiger partial charge in [0.1, 0.15) is 0 Å². The normalized spacial score (nSPS) is 18.5. The van der Waals surface area contributed by atoms with E-state index in [1.165, 1.54) is 0 Å². The lowest BCUT2D eigenvalue weighted by molar-refractivity contribution is -0.613. The van der Waals surface area contributed by atoms with Gasteiger partial charge in [-0.3, -0.25) is 10.1 Å². The molecule has 1 aliphatic rings. The maximum absolute atomic E-state index is 11.7. The Morgan fingerprint density at radius 3 is 2.07 bits per heavy atom. The highest BCUT2D eigenvalue weighted by molar-refractivity contribution is 5.64. The van der Waals surface area contributed by atoms with E-state index in [0.717, 1.165) is 16.9 Å². The molecular formula is C23H27N3O3. The van der Waals surface area contributed by atoms with Gasteiger partial charge in [0.15, 0.2) is 0 Å². The van der Waals surface area contributed by atoms with Crippen LogP contribution < -0.4 is 4.90 Å². The largest absolute Gasteiger partial charge is 0.348 e. The molecule has 3 rings (SSSR count). The van der Waals surface area contributed by atoms with Crippen LogP contribution in [0.1, 0.15) is 6.42 Å². The van der Waals surface area contributed by atoms with Gasteiger partial charge in [-0.1, -0.05) is 48.6 Å². The SMILES string of the molecule is CN(C)CCOC1([N+](=O)[O-])C=CC(CN(c2ccccc2)c2ccccc2)=CC1. The van der Waals surface area contributed by atoms with E-state index < -0.39 is 5.72 Å². The summed E-state index contributed by atoms with van der Waals surface area (Å²) >= 11 is 0. The molecule has 152 valence electrons. The lowest BCUT2D eigenvalue weighted by atomic mass is 9.99. The fraction of sp³-hybridized carbons (Fsp3) is 0.304. The monoisotopic (exact) mass is 393 g/mol. The summed E-state index contributed by atoms with van der Waals surface area (Å²) in [5.74, 6) is 0. The molecular weight excluding hydrogens is 366 g/mol. The molecule has 0 saturated carbocycles. The smallest absolute Gasteiger partial charge is 0.337 e. The predicted octanol–water partition coefficient (Wildman–Crippen LogP) is 4.26. The second-order valence-corrected chi connectivity index (χ2v) is 7.33. The molecule has 1 aliphatic carbocycles. The van der Waals surface area contributed by atoms with Crippen LogP contribution in [0.25, 0.3) is 0 Å². The Balaban J connectivity index is 1.77. The third kappa shape index (κ3) is 5.31. The van der Waals surface area contributed by atoms with Crippen molar-refractivity contribution in [2.45, 2.75) is 12.1 Å². The van der Waals surface area contributed by atoms with Gasteiger partial charge < -0.3 is 14.5 Å². The van der Waals surface area contributed by atoms with Gasteiger partial charge in [0.2, 0.25) is 0 Å². The molecule has 0 fully saturated rings. The highest BCUT2D eigenvalue weighted by Crippen LogP contribution is 2.30.